The fourth-order valence-electron chi connectivity index (χ4n) is 3.73. The van der Waals surface area contributed by atoms with E-state index in [0.29, 0.717) is 29.4 Å². The van der Waals surface area contributed by atoms with Crippen molar-refractivity contribution in [2.24, 2.45) is 0 Å². The number of para-hydroxylation sites is 2. The first-order valence-corrected chi connectivity index (χ1v) is 13.6. The number of amides is 2. The normalized spacial score (nSPS) is 13.1. The van der Waals surface area contributed by atoms with E-state index in [1.165, 1.54) is 28.8 Å². The topological polar surface area (TPSA) is 96.0 Å². The number of carbonyl (C=O) groups excluding carboxylic acids is 2. The van der Waals surface area contributed by atoms with Gasteiger partial charge in [-0.3, -0.25) is 18.8 Å². The first-order chi connectivity index (χ1) is 16.8. The summed E-state index contributed by atoms with van der Waals surface area (Å²) in [6.45, 7) is 1.64. The highest BCUT2D eigenvalue weighted by molar-refractivity contribution is 7.98. The average Bonchev–Trinajstić information content (AvgIpc) is 2.87. The van der Waals surface area contributed by atoms with Crippen molar-refractivity contribution in [2.45, 2.75) is 16.7 Å². The molecule has 0 fully saturated rings. The van der Waals surface area contributed by atoms with Gasteiger partial charge in [0.15, 0.2) is 0 Å². The number of carbonyl (C=O) groups is 2. The number of fused-ring (bicyclic) bond motifs is 1. The van der Waals surface area contributed by atoms with E-state index in [9.17, 15) is 18.0 Å². The van der Waals surface area contributed by atoms with E-state index in [4.69, 9.17) is 4.74 Å². The van der Waals surface area contributed by atoms with E-state index in [0.717, 1.165) is 9.20 Å². The molecule has 0 saturated carbocycles. The monoisotopic (exact) mass is 511 g/mol. The van der Waals surface area contributed by atoms with Crippen molar-refractivity contribution in [3.05, 3.63) is 72.8 Å². The van der Waals surface area contributed by atoms with Crippen molar-refractivity contribution in [2.75, 3.05) is 40.5 Å². The van der Waals surface area contributed by atoms with Crippen LogP contribution in [-0.4, -0.2) is 46.2 Å². The number of ether oxygens (including phenoxy) is 1. The minimum Gasteiger partial charge on any atom is -0.494 e. The molecule has 0 bridgehead atoms. The maximum absolute atomic E-state index is 13.7. The third kappa shape index (κ3) is 5.28. The smallest absolute Gasteiger partial charge is 0.264 e. The molecule has 0 saturated heterocycles. The molecule has 182 valence electrons. The Morgan fingerprint density at radius 2 is 1.74 bits per heavy atom. The predicted octanol–water partition coefficient (Wildman–Crippen LogP) is 3.99. The zero-order valence-corrected chi connectivity index (χ0v) is 20.9. The Bertz CT molecular complexity index is 1330. The number of anilines is 3. The summed E-state index contributed by atoms with van der Waals surface area (Å²) in [7, 11) is -4.09. The van der Waals surface area contributed by atoms with Gasteiger partial charge in [-0.1, -0.05) is 12.1 Å². The van der Waals surface area contributed by atoms with Crippen LogP contribution in [0.5, 0.6) is 5.75 Å². The van der Waals surface area contributed by atoms with Crippen molar-refractivity contribution in [3.8, 4) is 5.75 Å². The molecular formula is C25H25N3O5S2. The Labute approximate surface area is 208 Å². The standard InChI is InChI=1S/C25H25N3O5S2/c1-3-33-19-10-8-18(9-11-19)28(35(31,32)21-14-12-20(34-2)13-15-21)17-25(30)27-16-24(29)26-22-6-4-5-7-23(22)27/h4-15H,3,16-17H2,1-2H3,(H,26,29). The molecule has 10 heteroatoms. The van der Waals surface area contributed by atoms with Crippen LogP contribution in [0.4, 0.5) is 17.1 Å². The van der Waals surface area contributed by atoms with Crippen molar-refractivity contribution in [3.63, 3.8) is 0 Å². The van der Waals surface area contributed by atoms with Crippen LogP contribution < -0.4 is 19.3 Å². The lowest BCUT2D eigenvalue weighted by Gasteiger charge is -2.32. The Hall–Kier alpha value is -3.50. The molecule has 1 heterocycles. The van der Waals surface area contributed by atoms with E-state index in [2.05, 4.69) is 5.32 Å². The van der Waals surface area contributed by atoms with Gasteiger partial charge in [0.2, 0.25) is 11.8 Å². The number of hydrogen-bond acceptors (Lipinski definition) is 6. The summed E-state index contributed by atoms with van der Waals surface area (Å²) in [5.41, 5.74) is 1.33. The average molecular weight is 512 g/mol. The second kappa shape index (κ2) is 10.4. The van der Waals surface area contributed by atoms with E-state index in [-0.39, 0.29) is 17.3 Å². The van der Waals surface area contributed by atoms with Crippen LogP contribution in [0.2, 0.25) is 0 Å². The summed E-state index contributed by atoms with van der Waals surface area (Å²) in [4.78, 5) is 28.0. The van der Waals surface area contributed by atoms with Gasteiger partial charge < -0.3 is 10.1 Å². The Kier molecular flexibility index (Phi) is 7.32. The largest absolute Gasteiger partial charge is 0.494 e. The van der Waals surface area contributed by atoms with Gasteiger partial charge in [-0.2, -0.15) is 0 Å². The summed E-state index contributed by atoms with van der Waals surface area (Å²) < 4.78 is 34.0. The molecule has 3 aromatic carbocycles. The van der Waals surface area contributed by atoms with Crippen LogP contribution in [-0.2, 0) is 19.6 Å². The molecule has 4 rings (SSSR count). The minimum absolute atomic E-state index is 0.0637. The number of benzene rings is 3. The zero-order valence-electron chi connectivity index (χ0n) is 19.3. The van der Waals surface area contributed by atoms with Crippen molar-refractivity contribution >= 4 is 50.7 Å². The second-order valence-corrected chi connectivity index (χ2v) is 10.4. The number of nitrogens with zero attached hydrogens (tertiary/aromatic N) is 2. The van der Waals surface area contributed by atoms with Crippen LogP contribution in [0, 0.1) is 0 Å². The fraction of sp³-hybridized carbons (Fsp3) is 0.200. The highest BCUT2D eigenvalue weighted by Gasteiger charge is 2.32. The van der Waals surface area contributed by atoms with E-state index >= 15 is 0 Å². The third-order valence-electron chi connectivity index (χ3n) is 5.43. The molecule has 1 N–H and O–H groups in total. The maximum Gasteiger partial charge on any atom is 0.264 e. The van der Waals surface area contributed by atoms with Gasteiger partial charge in [-0.25, -0.2) is 8.42 Å². The molecule has 0 spiro atoms. The molecule has 35 heavy (non-hydrogen) atoms. The highest BCUT2D eigenvalue weighted by Crippen LogP contribution is 2.31. The molecule has 1 aliphatic heterocycles. The Morgan fingerprint density at radius 1 is 1.06 bits per heavy atom. The van der Waals surface area contributed by atoms with Gasteiger partial charge in [0.25, 0.3) is 10.0 Å². The lowest BCUT2D eigenvalue weighted by atomic mass is 10.2. The number of rotatable bonds is 8. The van der Waals surface area contributed by atoms with Crippen molar-refractivity contribution in [1.29, 1.82) is 0 Å². The highest BCUT2D eigenvalue weighted by atomic mass is 32.2. The van der Waals surface area contributed by atoms with Crippen LogP contribution >= 0.6 is 11.8 Å². The number of thioether (sulfide) groups is 1. The van der Waals surface area contributed by atoms with Gasteiger partial charge in [0.1, 0.15) is 18.8 Å². The molecule has 3 aromatic rings. The SMILES string of the molecule is CCOc1ccc(N(CC(=O)N2CC(=O)Nc3ccccc32)S(=O)(=O)c2ccc(SC)cc2)cc1. The summed E-state index contributed by atoms with van der Waals surface area (Å²) in [6, 6.07) is 19.9. The molecule has 0 atom stereocenters. The fourth-order valence-corrected chi connectivity index (χ4v) is 5.55. The summed E-state index contributed by atoms with van der Waals surface area (Å²) in [5, 5.41) is 2.73. The number of sulfonamides is 1. The van der Waals surface area contributed by atoms with Crippen LogP contribution in [0.15, 0.2) is 82.6 Å². The molecule has 2 amide bonds. The number of nitrogens with one attached hydrogen (secondary N) is 1. The van der Waals surface area contributed by atoms with Crippen LogP contribution in [0.25, 0.3) is 0 Å². The van der Waals surface area contributed by atoms with Crippen LogP contribution in [0.1, 0.15) is 6.92 Å². The zero-order chi connectivity index (χ0) is 25.0. The molecule has 8 nitrogen and oxygen atoms in total. The Balaban J connectivity index is 1.71. The van der Waals surface area contributed by atoms with Crippen molar-refractivity contribution in [1.82, 2.24) is 0 Å². The summed E-state index contributed by atoms with van der Waals surface area (Å²) in [5.74, 6) is -0.281. The molecule has 0 aliphatic carbocycles. The van der Waals surface area contributed by atoms with E-state index in [1.807, 2.05) is 13.2 Å². The predicted molar refractivity (Wildman–Crippen MR) is 138 cm³/mol. The number of hydrogen-bond donors (Lipinski definition) is 1. The van der Waals surface area contributed by atoms with Gasteiger partial charge in [0, 0.05) is 4.90 Å². The summed E-state index contributed by atoms with van der Waals surface area (Å²) >= 11 is 1.50. The first-order valence-electron chi connectivity index (χ1n) is 10.9. The molecule has 0 radical (unpaired) electrons. The second-order valence-electron chi connectivity index (χ2n) is 7.66. The lowest BCUT2D eigenvalue weighted by Crippen LogP contribution is -2.48. The maximum atomic E-state index is 13.7. The third-order valence-corrected chi connectivity index (χ3v) is 7.97. The van der Waals surface area contributed by atoms with Gasteiger partial charge in [-0.05, 0) is 73.8 Å². The first kappa shape index (κ1) is 24.6. The lowest BCUT2D eigenvalue weighted by molar-refractivity contribution is -0.121. The van der Waals surface area contributed by atoms with Crippen molar-refractivity contribution < 1.29 is 22.7 Å². The quantitative estimate of drug-likeness (QED) is 0.460. The van der Waals surface area contributed by atoms with Gasteiger partial charge in [0.05, 0.1) is 28.6 Å². The summed E-state index contributed by atoms with van der Waals surface area (Å²) in [6.07, 6.45) is 1.90. The molecule has 1 aliphatic rings. The van der Waals surface area contributed by atoms with Gasteiger partial charge in [-0.15, -0.1) is 11.8 Å². The van der Waals surface area contributed by atoms with E-state index in [1.54, 1.807) is 60.7 Å². The molecule has 0 aromatic heterocycles. The van der Waals surface area contributed by atoms with Gasteiger partial charge >= 0.3 is 0 Å². The molecule has 0 unspecified atom stereocenters. The van der Waals surface area contributed by atoms with Crippen LogP contribution in [0.3, 0.4) is 0 Å². The molecular weight excluding hydrogens is 486 g/mol. The minimum atomic E-state index is -4.09. The van der Waals surface area contributed by atoms with E-state index < -0.39 is 22.5 Å². The Morgan fingerprint density at radius 3 is 2.40 bits per heavy atom.